The van der Waals surface area contributed by atoms with Crippen LogP contribution in [-0.4, -0.2) is 61.0 Å². The molecule has 0 spiro atoms. The van der Waals surface area contributed by atoms with E-state index in [0.717, 1.165) is 18.6 Å². The van der Waals surface area contributed by atoms with Crippen LogP contribution in [0, 0.1) is 5.92 Å². The van der Waals surface area contributed by atoms with Crippen molar-refractivity contribution in [1.29, 1.82) is 0 Å². The molecule has 1 aromatic rings. The van der Waals surface area contributed by atoms with Gasteiger partial charge in [0.2, 0.25) is 5.91 Å². The summed E-state index contributed by atoms with van der Waals surface area (Å²) in [6, 6.07) is 7.24. The molecule has 2 amide bonds. The van der Waals surface area contributed by atoms with E-state index < -0.39 is 0 Å². The highest BCUT2D eigenvalue weighted by atomic mass is 16.5. The average molecular weight is 362 g/mol. The lowest BCUT2D eigenvalue weighted by molar-refractivity contribution is -0.143. The van der Waals surface area contributed by atoms with Gasteiger partial charge in [0.05, 0.1) is 6.61 Å². The zero-order chi connectivity index (χ0) is 18.9. The van der Waals surface area contributed by atoms with E-state index in [2.05, 4.69) is 0 Å². The van der Waals surface area contributed by atoms with Crippen LogP contribution in [0.25, 0.3) is 0 Å². The molecule has 144 valence electrons. The van der Waals surface area contributed by atoms with Crippen LogP contribution < -0.4 is 9.47 Å². The Hall–Kier alpha value is -2.24. The van der Waals surface area contributed by atoms with E-state index >= 15 is 0 Å². The number of hydrogen-bond donors (Lipinski definition) is 0. The predicted octanol–water partition coefficient (Wildman–Crippen LogP) is 2.57. The molecule has 6 heteroatoms. The molecule has 2 rings (SSSR count). The highest BCUT2D eigenvalue weighted by Crippen LogP contribution is 2.18. The van der Waals surface area contributed by atoms with Gasteiger partial charge in [0.15, 0.2) is 6.61 Å². The van der Waals surface area contributed by atoms with E-state index in [4.69, 9.17) is 9.47 Å². The SMILES string of the molecule is CCOc1ccc(OCC(=O)N2CCN(C(=O)C(CC)CC)CC2)cc1. The van der Waals surface area contributed by atoms with Gasteiger partial charge < -0.3 is 19.3 Å². The van der Waals surface area contributed by atoms with Crippen molar-refractivity contribution >= 4 is 11.8 Å². The van der Waals surface area contributed by atoms with Crippen LogP contribution in [0.3, 0.4) is 0 Å². The van der Waals surface area contributed by atoms with Crippen molar-refractivity contribution in [2.24, 2.45) is 5.92 Å². The quantitative estimate of drug-likeness (QED) is 0.713. The van der Waals surface area contributed by atoms with Gasteiger partial charge in [-0.1, -0.05) is 13.8 Å². The number of nitrogens with zero attached hydrogens (tertiary/aromatic N) is 2. The van der Waals surface area contributed by atoms with Gasteiger partial charge in [-0.2, -0.15) is 0 Å². The molecule has 6 nitrogen and oxygen atoms in total. The van der Waals surface area contributed by atoms with E-state index in [1.807, 2.05) is 37.8 Å². The van der Waals surface area contributed by atoms with Crippen LogP contribution in [0.5, 0.6) is 11.5 Å². The number of ether oxygens (including phenoxy) is 2. The van der Waals surface area contributed by atoms with Gasteiger partial charge in [-0.3, -0.25) is 9.59 Å². The Balaban J connectivity index is 1.76. The molecule has 0 radical (unpaired) electrons. The van der Waals surface area contributed by atoms with Crippen LogP contribution in [0.1, 0.15) is 33.6 Å². The van der Waals surface area contributed by atoms with E-state index in [0.29, 0.717) is 38.5 Å². The van der Waals surface area contributed by atoms with Crippen molar-refractivity contribution in [3.05, 3.63) is 24.3 Å². The van der Waals surface area contributed by atoms with Crippen molar-refractivity contribution in [3.63, 3.8) is 0 Å². The van der Waals surface area contributed by atoms with Crippen molar-refractivity contribution in [1.82, 2.24) is 9.80 Å². The molecule has 0 atom stereocenters. The van der Waals surface area contributed by atoms with Crippen LogP contribution in [0.4, 0.5) is 0 Å². The van der Waals surface area contributed by atoms with Crippen molar-refractivity contribution < 1.29 is 19.1 Å². The Morgan fingerprint density at radius 3 is 1.88 bits per heavy atom. The molecule has 0 unspecified atom stereocenters. The Morgan fingerprint density at radius 2 is 1.38 bits per heavy atom. The summed E-state index contributed by atoms with van der Waals surface area (Å²) in [6.07, 6.45) is 1.73. The molecule has 0 aliphatic carbocycles. The molecule has 1 aromatic carbocycles. The first kappa shape index (κ1) is 20.1. The maximum absolute atomic E-state index is 12.4. The van der Waals surface area contributed by atoms with E-state index in [1.165, 1.54) is 0 Å². The van der Waals surface area contributed by atoms with Gasteiger partial charge >= 0.3 is 0 Å². The van der Waals surface area contributed by atoms with Gasteiger partial charge in [0.1, 0.15) is 11.5 Å². The molecule has 0 bridgehead atoms. The lowest BCUT2D eigenvalue weighted by atomic mass is 10.0. The van der Waals surface area contributed by atoms with E-state index in [9.17, 15) is 9.59 Å². The summed E-state index contributed by atoms with van der Waals surface area (Å²) < 4.78 is 11.0. The van der Waals surface area contributed by atoms with Crippen molar-refractivity contribution in [2.75, 3.05) is 39.4 Å². The van der Waals surface area contributed by atoms with Crippen LogP contribution in [0.2, 0.25) is 0 Å². The molecule has 0 saturated carbocycles. The first-order chi connectivity index (χ1) is 12.6. The highest BCUT2D eigenvalue weighted by Gasteiger charge is 2.27. The number of carbonyl (C=O) groups excluding carboxylic acids is 2. The van der Waals surface area contributed by atoms with Crippen LogP contribution >= 0.6 is 0 Å². The lowest BCUT2D eigenvalue weighted by Crippen LogP contribution is -2.52. The summed E-state index contributed by atoms with van der Waals surface area (Å²) in [7, 11) is 0. The molecule has 0 aromatic heterocycles. The molecule has 1 aliphatic heterocycles. The number of carbonyl (C=O) groups is 2. The van der Waals surface area contributed by atoms with Crippen molar-refractivity contribution in [2.45, 2.75) is 33.6 Å². The van der Waals surface area contributed by atoms with Gasteiger partial charge in [-0.05, 0) is 44.0 Å². The van der Waals surface area contributed by atoms with Gasteiger partial charge in [0.25, 0.3) is 5.91 Å². The average Bonchev–Trinajstić information content (AvgIpc) is 2.68. The smallest absolute Gasteiger partial charge is 0.260 e. The molecule has 1 saturated heterocycles. The predicted molar refractivity (Wildman–Crippen MR) is 100 cm³/mol. The molecule has 1 heterocycles. The second kappa shape index (κ2) is 10.0. The Morgan fingerprint density at radius 1 is 0.885 bits per heavy atom. The number of rotatable bonds is 8. The third-order valence-electron chi connectivity index (χ3n) is 4.78. The highest BCUT2D eigenvalue weighted by molar-refractivity contribution is 5.80. The summed E-state index contributed by atoms with van der Waals surface area (Å²) >= 11 is 0. The van der Waals surface area contributed by atoms with Crippen molar-refractivity contribution in [3.8, 4) is 11.5 Å². The summed E-state index contributed by atoms with van der Waals surface area (Å²) in [5.74, 6) is 1.69. The third kappa shape index (κ3) is 5.38. The maximum Gasteiger partial charge on any atom is 0.260 e. The molecule has 1 aliphatic rings. The zero-order valence-corrected chi connectivity index (χ0v) is 16.1. The fourth-order valence-electron chi connectivity index (χ4n) is 3.11. The molecular weight excluding hydrogens is 332 g/mol. The first-order valence-corrected chi connectivity index (χ1v) is 9.51. The Kier molecular flexibility index (Phi) is 7.75. The molecular formula is C20H30N2O4. The van der Waals surface area contributed by atoms with E-state index in [1.54, 1.807) is 17.0 Å². The summed E-state index contributed by atoms with van der Waals surface area (Å²) in [5, 5.41) is 0. The van der Waals surface area contributed by atoms with E-state index in [-0.39, 0.29) is 24.3 Å². The lowest BCUT2D eigenvalue weighted by Gasteiger charge is -2.36. The summed E-state index contributed by atoms with van der Waals surface area (Å²) in [4.78, 5) is 28.4. The maximum atomic E-state index is 12.4. The zero-order valence-electron chi connectivity index (χ0n) is 16.1. The number of amides is 2. The molecule has 1 fully saturated rings. The fourth-order valence-corrected chi connectivity index (χ4v) is 3.11. The minimum Gasteiger partial charge on any atom is -0.494 e. The second-order valence-electron chi connectivity index (χ2n) is 6.41. The van der Waals surface area contributed by atoms with Gasteiger partial charge in [-0.25, -0.2) is 0 Å². The number of benzene rings is 1. The number of piperazine rings is 1. The Bertz CT molecular complexity index is 576. The minimum atomic E-state index is -0.0477. The van der Waals surface area contributed by atoms with Gasteiger partial charge in [0, 0.05) is 32.1 Å². The first-order valence-electron chi connectivity index (χ1n) is 9.51. The molecule has 0 N–H and O–H groups in total. The molecule has 26 heavy (non-hydrogen) atoms. The van der Waals surface area contributed by atoms with Gasteiger partial charge in [-0.15, -0.1) is 0 Å². The monoisotopic (exact) mass is 362 g/mol. The number of hydrogen-bond acceptors (Lipinski definition) is 4. The van der Waals surface area contributed by atoms with Crippen LogP contribution in [-0.2, 0) is 9.59 Å². The topological polar surface area (TPSA) is 59.1 Å². The fraction of sp³-hybridized carbons (Fsp3) is 0.600. The normalized spacial score (nSPS) is 14.5. The summed E-state index contributed by atoms with van der Waals surface area (Å²) in [6.45, 7) is 8.98. The second-order valence-corrected chi connectivity index (χ2v) is 6.41. The minimum absolute atomic E-state index is 0.00841. The third-order valence-corrected chi connectivity index (χ3v) is 4.78. The standard InChI is InChI=1S/C20H30N2O4/c1-4-16(5-2)20(24)22-13-11-21(12-14-22)19(23)15-26-18-9-7-17(8-10-18)25-6-3/h7-10,16H,4-6,11-15H2,1-3H3. The Labute approximate surface area is 156 Å². The largest absolute Gasteiger partial charge is 0.494 e. The van der Waals surface area contributed by atoms with Crippen LogP contribution in [0.15, 0.2) is 24.3 Å². The summed E-state index contributed by atoms with van der Waals surface area (Å²) in [5.41, 5.74) is 0.